The third-order valence-electron chi connectivity index (χ3n) is 11.7. The van der Waals surface area contributed by atoms with E-state index >= 15 is 0 Å². The van der Waals surface area contributed by atoms with Crippen LogP contribution in [-0.2, 0) is 20.9 Å². The molecule has 0 radical (unpaired) electrons. The van der Waals surface area contributed by atoms with E-state index in [1.807, 2.05) is 36.4 Å². The second-order valence-corrected chi connectivity index (χ2v) is 16.4. The van der Waals surface area contributed by atoms with E-state index in [1.165, 1.54) is 23.3 Å². The number of hydrogen-bond acceptors (Lipinski definition) is 6. The van der Waals surface area contributed by atoms with Crippen molar-refractivity contribution in [2.75, 3.05) is 16.4 Å². The normalized spacial score (nSPS) is 11.0. The van der Waals surface area contributed by atoms with E-state index < -0.39 is 5.97 Å². The summed E-state index contributed by atoms with van der Waals surface area (Å²) in [5.74, 6) is -0.00467. The van der Waals surface area contributed by atoms with Crippen molar-refractivity contribution in [3.8, 4) is 22.6 Å². The van der Waals surface area contributed by atoms with Crippen LogP contribution in [0.1, 0.15) is 22.3 Å². The molecule has 7 nitrogen and oxygen atoms in total. The summed E-state index contributed by atoms with van der Waals surface area (Å²) in [5.41, 5.74) is 15.8. The predicted molar refractivity (Wildman–Crippen MR) is 270 cm³/mol. The minimum atomic E-state index is -0.440. The lowest BCUT2D eigenvalue weighted by Crippen LogP contribution is -2.11. The third kappa shape index (κ3) is 9.01. The molecule has 0 N–H and O–H groups in total. The monoisotopic (exact) mass is 863 g/mol. The highest BCUT2D eigenvalue weighted by Gasteiger charge is 2.21. The zero-order chi connectivity index (χ0) is 45.7. The van der Waals surface area contributed by atoms with Crippen molar-refractivity contribution in [2.24, 2.45) is 0 Å². The number of rotatable bonds is 15. The second-order valence-electron chi connectivity index (χ2n) is 16.4. The fourth-order valence-electron chi connectivity index (χ4n) is 8.39. The largest absolute Gasteiger partial charge is 0.485 e. The van der Waals surface area contributed by atoms with Crippen molar-refractivity contribution in [1.82, 2.24) is 4.57 Å². The van der Waals surface area contributed by atoms with Crippen molar-refractivity contribution in [2.45, 2.75) is 27.4 Å². The van der Waals surface area contributed by atoms with Gasteiger partial charge in [0.2, 0.25) is 0 Å². The van der Waals surface area contributed by atoms with Crippen molar-refractivity contribution in [3.05, 3.63) is 230 Å². The number of esters is 1. The number of hydrogen-bond donors (Lipinski definition) is 0. The molecule has 66 heavy (non-hydrogen) atoms. The van der Waals surface area contributed by atoms with Crippen LogP contribution in [0.5, 0.6) is 5.75 Å². The van der Waals surface area contributed by atoms with Gasteiger partial charge in [-0.25, -0.2) is 4.79 Å². The Bertz CT molecular complexity index is 3240. The Kier molecular flexibility index (Phi) is 12.2. The summed E-state index contributed by atoms with van der Waals surface area (Å²) in [6.07, 6.45) is 2.45. The molecule has 0 saturated heterocycles. The minimum absolute atomic E-state index is 0.0589. The summed E-state index contributed by atoms with van der Waals surface area (Å²) < 4.78 is 13.4. The molecule has 0 amide bonds. The van der Waals surface area contributed by atoms with Crippen LogP contribution in [0.15, 0.2) is 207 Å². The number of ether oxygens (including phenoxy) is 2. The highest BCUT2D eigenvalue weighted by molar-refractivity contribution is 6.11. The first kappa shape index (κ1) is 42.9. The van der Waals surface area contributed by atoms with Gasteiger partial charge < -0.3 is 23.8 Å². The summed E-state index contributed by atoms with van der Waals surface area (Å²) in [6, 6.07) is 63.8. The Morgan fingerprint density at radius 1 is 0.515 bits per heavy atom. The van der Waals surface area contributed by atoms with Crippen LogP contribution in [0.25, 0.3) is 38.6 Å². The molecule has 324 valence electrons. The molecule has 0 saturated carbocycles. The zero-order valence-corrected chi connectivity index (χ0v) is 37.3. The van der Waals surface area contributed by atoms with Crippen molar-refractivity contribution in [1.29, 1.82) is 0 Å². The minimum Gasteiger partial charge on any atom is -0.485 e. The topological polar surface area (TPSA) is 64.0 Å². The molecular weight excluding hydrogens is 815 g/mol. The lowest BCUT2D eigenvalue weighted by atomic mass is 10.0. The quantitative estimate of drug-likeness (QED) is 0.0756. The Morgan fingerprint density at radius 2 is 1.00 bits per heavy atom. The van der Waals surface area contributed by atoms with Crippen LogP contribution in [0.3, 0.4) is 0 Å². The maximum absolute atomic E-state index is 11.9. The Labute approximate surface area is 385 Å². The van der Waals surface area contributed by atoms with E-state index in [4.69, 9.17) is 9.47 Å². The van der Waals surface area contributed by atoms with Crippen LogP contribution >= 0.6 is 0 Å². The zero-order valence-electron chi connectivity index (χ0n) is 37.3. The molecule has 0 unspecified atom stereocenters. The molecule has 7 heteroatoms. The third-order valence-corrected chi connectivity index (χ3v) is 11.7. The maximum Gasteiger partial charge on any atom is 0.330 e. The van der Waals surface area contributed by atoms with E-state index in [2.05, 4.69) is 194 Å². The summed E-state index contributed by atoms with van der Waals surface area (Å²) in [6.45, 7) is 13.5. The first-order valence-electron chi connectivity index (χ1n) is 21.9. The maximum atomic E-state index is 11.9. The molecular formula is C59H49N3O4. The number of fused-ring (bicyclic) bond motifs is 3. The van der Waals surface area contributed by atoms with E-state index in [0.717, 1.165) is 83.9 Å². The molecule has 0 spiro atoms. The van der Waals surface area contributed by atoms with E-state index in [9.17, 15) is 9.59 Å². The summed E-state index contributed by atoms with van der Waals surface area (Å²) in [5, 5.41) is 2.28. The van der Waals surface area contributed by atoms with Crippen LogP contribution in [-0.4, -0.2) is 22.9 Å². The first-order valence-corrected chi connectivity index (χ1v) is 21.9. The van der Waals surface area contributed by atoms with Crippen LogP contribution in [0.2, 0.25) is 0 Å². The van der Waals surface area contributed by atoms with Crippen LogP contribution in [0, 0.1) is 20.8 Å². The number of carbonyl (C=O) groups is 2. The molecule has 9 rings (SSSR count). The summed E-state index contributed by atoms with van der Waals surface area (Å²) in [7, 11) is 0. The molecule has 0 aliphatic heterocycles. The fourth-order valence-corrected chi connectivity index (χ4v) is 8.39. The molecule has 1 heterocycles. The molecule has 1 aromatic heterocycles. The highest BCUT2D eigenvalue weighted by atomic mass is 16.5. The van der Waals surface area contributed by atoms with Gasteiger partial charge in [-0.05, 0) is 152 Å². The second kappa shape index (κ2) is 18.7. The predicted octanol–water partition coefficient (Wildman–Crippen LogP) is 14.7. The van der Waals surface area contributed by atoms with Gasteiger partial charge in [0.05, 0.1) is 11.0 Å². The smallest absolute Gasteiger partial charge is 0.330 e. The number of benzene rings is 8. The standard InChI is InChI=1S/C59H49N3O4/c1-6-53(63)39-65-54-30-26-47(27-31-54)61(50-13-9-11-42(5)35-50)52-29-33-56-55-32-28-51(36-57(55)62(58(56)37-52)48-22-14-40(3)15-23-48)60(49-12-8-10-41(4)34-49)46-24-20-45(21-25-46)44-18-16-43(17-19-44)38-66-59(64)7-2/h6-37H,1-2,38-39H2,3-5H3. The highest BCUT2D eigenvalue weighted by Crippen LogP contribution is 2.43. The number of carbonyl (C=O) groups excluding carboxylic acids is 2. The molecule has 0 atom stereocenters. The fraction of sp³-hybridized carbons (Fsp3) is 0.0847. The van der Waals surface area contributed by atoms with E-state index in [1.54, 1.807) is 0 Å². The van der Waals surface area contributed by atoms with Gasteiger partial charge in [-0.3, -0.25) is 4.79 Å². The number of nitrogens with zero attached hydrogens (tertiary/aromatic N) is 3. The molecule has 0 bridgehead atoms. The van der Waals surface area contributed by atoms with Gasteiger partial charge in [-0.2, -0.15) is 0 Å². The van der Waals surface area contributed by atoms with Gasteiger partial charge in [0.15, 0.2) is 12.4 Å². The van der Waals surface area contributed by atoms with E-state index in [-0.39, 0.29) is 19.0 Å². The number of aromatic nitrogens is 1. The average Bonchev–Trinajstić information content (AvgIpc) is 3.66. The van der Waals surface area contributed by atoms with Crippen molar-refractivity contribution >= 4 is 67.7 Å². The van der Waals surface area contributed by atoms with Crippen LogP contribution in [0.4, 0.5) is 34.1 Å². The summed E-state index contributed by atoms with van der Waals surface area (Å²) >= 11 is 0. The molecule has 8 aromatic carbocycles. The number of anilines is 6. The summed E-state index contributed by atoms with van der Waals surface area (Å²) in [4.78, 5) is 28.1. The average molecular weight is 864 g/mol. The van der Waals surface area contributed by atoms with Crippen LogP contribution < -0.4 is 14.5 Å². The molecule has 0 fully saturated rings. The number of aryl methyl sites for hydroxylation is 3. The SMILES string of the molecule is C=CC(=O)COc1ccc(N(c2cccc(C)c2)c2ccc3c4ccc(N(c5ccc(-c6ccc(COC(=O)C=C)cc6)cc5)c5cccc(C)c5)cc4n(-c4ccc(C)cc4)c3c2)cc1. The number of ketones is 1. The van der Waals surface area contributed by atoms with Gasteiger partial charge in [0.25, 0.3) is 0 Å². The van der Waals surface area contributed by atoms with Gasteiger partial charge in [0.1, 0.15) is 12.4 Å². The van der Waals surface area contributed by atoms with Crippen molar-refractivity contribution < 1.29 is 19.1 Å². The Hall–Kier alpha value is -8.42. The molecule has 0 aliphatic carbocycles. The lowest BCUT2D eigenvalue weighted by Gasteiger charge is -2.26. The Morgan fingerprint density at radius 3 is 1.50 bits per heavy atom. The first-order chi connectivity index (χ1) is 32.1. The lowest BCUT2D eigenvalue weighted by molar-refractivity contribution is -0.139. The van der Waals surface area contributed by atoms with Gasteiger partial charge >= 0.3 is 5.97 Å². The van der Waals surface area contributed by atoms with E-state index in [0.29, 0.717) is 5.75 Å². The molecule has 0 aliphatic rings. The Balaban J connectivity index is 1.16. The van der Waals surface area contributed by atoms with Gasteiger partial charge in [0, 0.05) is 56.7 Å². The van der Waals surface area contributed by atoms with Gasteiger partial charge in [-0.15, -0.1) is 0 Å². The van der Waals surface area contributed by atoms with Gasteiger partial charge in [-0.1, -0.05) is 104 Å². The molecule has 9 aromatic rings. The van der Waals surface area contributed by atoms with Crippen molar-refractivity contribution in [3.63, 3.8) is 0 Å².